The summed E-state index contributed by atoms with van der Waals surface area (Å²) >= 11 is 1.82. The van der Waals surface area contributed by atoms with Gasteiger partial charge in [0.05, 0.1) is 0 Å². The van der Waals surface area contributed by atoms with Crippen molar-refractivity contribution in [1.29, 1.82) is 0 Å². The molecule has 1 aromatic carbocycles. The molecule has 0 aliphatic heterocycles. The molecule has 0 fully saturated rings. The van der Waals surface area contributed by atoms with E-state index in [0.717, 1.165) is 6.54 Å². The minimum Gasteiger partial charge on any atom is -0.305 e. The van der Waals surface area contributed by atoms with Crippen molar-refractivity contribution in [3.63, 3.8) is 0 Å². The minimum atomic E-state index is 0.405. The van der Waals surface area contributed by atoms with Crippen LogP contribution in [0.4, 0.5) is 0 Å². The molecule has 1 aromatic heterocycles. The van der Waals surface area contributed by atoms with Crippen molar-refractivity contribution < 1.29 is 0 Å². The summed E-state index contributed by atoms with van der Waals surface area (Å²) in [6, 6.07) is 13.1. The number of thiophene rings is 1. The van der Waals surface area contributed by atoms with Crippen molar-refractivity contribution in [2.45, 2.75) is 26.4 Å². The van der Waals surface area contributed by atoms with E-state index in [9.17, 15) is 0 Å². The van der Waals surface area contributed by atoms with Gasteiger partial charge in [-0.15, -0.1) is 11.3 Å². The van der Waals surface area contributed by atoms with Gasteiger partial charge in [0, 0.05) is 17.5 Å². The molecule has 2 heteroatoms. The van der Waals surface area contributed by atoms with Gasteiger partial charge < -0.3 is 5.32 Å². The Hall–Kier alpha value is -1.12. The van der Waals surface area contributed by atoms with Gasteiger partial charge in [0.15, 0.2) is 0 Å². The maximum absolute atomic E-state index is 3.55. The van der Waals surface area contributed by atoms with E-state index in [4.69, 9.17) is 0 Å². The summed E-state index contributed by atoms with van der Waals surface area (Å²) in [6.45, 7) is 5.33. The molecule has 0 aliphatic carbocycles. The molecule has 1 atom stereocenters. The van der Waals surface area contributed by atoms with Crippen LogP contribution >= 0.6 is 11.3 Å². The molecule has 0 amide bonds. The first-order valence-corrected chi connectivity index (χ1v) is 6.46. The van der Waals surface area contributed by atoms with Crippen LogP contribution in [0.3, 0.4) is 0 Å². The molecule has 16 heavy (non-hydrogen) atoms. The quantitative estimate of drug-likeness (QED) is 0.841. The van der Waals surface area contributed by atoms with Crippen molar-refractivity contribution >= 4 is 11.3 Å². The van der Waals surface area contributed by atoms with E-state index in [1.54, 1.807) is 0 Å². The molecule has 0 unspecified atom stereocenters. The van der Waals surface area contributed by atoms with E-state index < -0.39 is 0 Å². The minimum absolute atomic E-state index is 0.405. The highest BCUT2D eigenvalue weighted by atomic mass is 32.1. The zero-order valence-electron chi connectivity index (χ0n) is 9.73. The second kappa shape index (κ2) is 5.28. The Labute approximate surface area is 101 Å². The Morgan fingerprint density at radius 3 is 2.56 bits per heavy atom. The van der Waals surface area contributed by atoms with E-state index in [2.05, 4.69) is 60.9 Å². The maximum atomic E-state index is 3.55. The fourth-order valence-electron chi connectivity index (χ4n) is 1.69. The van der Waals surface area contributed by atoms with Crippen LogP contribution in [0.15, 0.2) is 41.8 Å². The molecule has 0 aliphatic rings. The fraction of sp³-hybridized carbons (Fsp3) is 0.286. The third kappa shape index (κ3) is 2.71. The number of nitrogens with one attached hydrogen (secondary N) is 1. The average Bonchev–Trinajstić information content (AvgIpc) is 2.73. The van der Waals surface area contributed by atoms with Gasteiger partial charge >= 0.3 is 0 Å². The second-order valence-corrected chi connectivity index (χ2v) is 5.04. The molecule has 0 bridgehead atoms. The van der Waals surface area contributed by atoms with Crippen LogP contribution < -0.4 is 5.32 Å². The van der Waals surface area contributed by atoms with E-state index >= 15 is 0 Å². The number of hydrogen-bond donors (Lipinski definition) is 1. The van der Waals surface area contributed by atoms with E-state index in [1.165, 1.54) is 16.0 Å². The van der Waals surface area contributed by atoms with Gasteiger partial charge in [0.2, 0.25) is 0 Å². The Morgan fingerprint density at radius 2 is 1.94 bits per heavy atom. The van der Waals surface area contributed by atoms with Gasteiger partial charge in [-0.25, -0.2) is 0 Å². The van der Waals surface area contributed by atoms with Crippen LogP contribution in [0.1, 0.15) is 29.0 Å². The number of rotatable bonds is 4. The van der Waals surface area contributed by atoms with Crippen LogP contribution in [-0.4, -0.2) is 0 Å². The third-order valence-electron chi connectivity index (χ3n) is 2.84. The fourth-order valence-corrected chi connectivity index (χ4v) is 2.55. The lowest BCUT2D eigenvalue weighted by molar-refractivity contribution is 0.578. The molecule has 2 rings (SSSR count). The van der Waals surface area contributed by atoms with Crippen LogP contribution in [-0.2, 0) is 6.54 Å². The number of hydrogen-bond acceptors (Lipinski definition) is 2. The van der Waals surface area contributed by atoms with Gasteiger partial charge in [-0.05, 0) is 36.4 Å². The number of aryl methyl sites for hydroxylation is 1. The zero-order chi connectivity index (χ0) is 11.4. The lowest BCUT2D eigenvalue weighted by atomic mass is 10.1. The van der Waals surface area contributed by atoms with Crippen LogP contribution in [0.5, 0.6) is 0 Å². The Bertz CT molecular complexity index is 433. The van der Waals surface area contributed by atoms with Gasteiger partial charge in [-0.2, -0.15) is 0 Å². The van der Waals surface area contributed by atoms with Gasteiger partial charge in [-0.3, -0.25) is 0 Å². The predicted molar refractivity (Wildman–Crippen MR) is 70.8 cm³/mol. The van der Waals surface area contributed by atoms with Crippen molar-refractivity contribution in [3.8, 4) is 0 Å². The summed E-state index contributed by atoms with van der Waals surface area (Å²) in [5.74, 6) is 0. The average molecular weight is 231 g/mol. The van der Waals surface area contributed by atoms with Crippen LogP contribution in [0, 0.1) is 6.92 Å². The largest absolute Gasteiger partial charge is 0.305 e. The monoisotopic (exact) mass is 231 g/mol. The van der Waals surface area contributed by atoms with Crippen molar-refractivity contribution in [1.82, 2.24) is 5.32 Å². The molecule has 0 saturated heterocycles. The van der Waals surface area contributed by atoms with Crippen LogP contribution in [0.2, 0.25) is 0 Å². The first-order chi connectivity index (χ1) is 7.77. The summed E-state index contributed by atoms with van der Waals surface area (Å²) in [6.07, 6.45) is 0. The highest BCUT2D eigenvalue weighted by molar-refractivity contribution is 7.10. The maximum Gasteiger partial charge on any atom is 0.0308 e. The Morgan fingerprint density at radius 1 is 1.19 bits per heavy atom. The Balaban J connectivity index is 1.94. The predicted octanol–water partition coefficient (Wildman–Crippen LogP) is 3.91. The molecule has 1 heterocycles. The van der Waals surface area contributed by atoms with Crippen LogP contribution in [0.25, 0.3) is 0 Å². The summed E-state index contributed by atoms with van der Waals surface area (Å²) < 4.78 is 0. The molecule has 0 saturated carbocycles. The second-order valence-electron chi connectivity index (χ2n) is 4.04. The lowest BCUT2D eigenvalue weighted by Gasteiger charge is -2.13. The molecular weight excluding hydrogens is 214 g/mol. The first kappa shape index (κ1) is 11.4. The zero-order valence-corrected chi connectivity index (χ0v) is 10.6. The topological polar surface area (TPSA) is 12.0 Å². The van der Waals surface area contributed by atoms with Gasteiger partial charge in [0.25, 0.3) is 0 Å². The van der Waals surface area contributed by atoms with Gasteiger partial charge in [-0.1, -0.05) is 30.3 Å². The molecule has 84 valence electrons. The lowest BCUT2D eigenvalue weighted by Crippen LogP contribution is -2.17. The molecular formula is C14H17NS. The van der Waals surface area contributed by atoms with Crippen molar-refractivity contribution in [2.24, 2.45) is 0 Å². The molecule has 0 spiro atoms. The summed E-state index contributed by atoms with van der Waals surface area (Å²) in [5, 5.41) is 5.70. The molecule has 0 radical (unpaired) electrons. The van der Waals surface area contributed by atoms with Crippen molar-refractivity contribution in [2.75, 3.05) is 0 Å². The first-order valence-electron chi connectivity index (χ1n) is 5.58. The third-order valence-corrected chi connectivity index (χ3v) is 3.86. The molecule has 2 aromatic rings. The van der Waals surface area contributed by atoms with E-state index in [-0.39, 0.29) is 0 Å². The highest BCUT2D eigenvalue weighted by Crippen LogP contribution is 2.17. The summed E-state index contributed by atoms with van der Waals surface area (Å²) in [5.41, 5.74) is 2.73. The van der Waals surface area contributed by atoms with Crippen molar-refractivity contribution in [3.05, 3.63) is 57.8 Å². The SMILES string of the molecule is Cc1ccsc1CN[C@H](C)c1ccccc1. The van der Waals surface area contributed by atoms with Gasteiger partial charge in [0.1, 0.15) is 0 Å². The van der Waals surface area contributed by atoms with E-state index in [1.807, 2.05) is 11.3 Å². The highest BCUT2D eigenvalue weighted by Gasteiger charge is 2.05. The molecule has 1 nitrogen and oxygen atoms in total. The number of benzene rings is 1. The smallest absolute Gasteiger partial charge is 0.0308 e. The molecule has 1 N–H and O–H groups in total. The standard InChI is InChI=1S/C14H17NS/c1-11-8-9-16-14(11)10-15-12(2)13-6-4-3-5-7-13/h3-9,12,15H,10H2,1-2H3/t12-/m1/s1. The van der Waals surface area contributed by atoms with E-state index in [0.29, 0.717) is 6.04 Å². The normalized spacial score (nSPS) is 12.6. The summed E-state index contributed by atoms with van der Waals surface area (Å²) in [7, 11) is 0. The Kier molecular flexibility index (Phi) is 3.75. The summed E-state index contributed by atoms with van der Waals surface area (Å²) in [4.78, 5) is 1.43.